The standard InChI is InChI=1S/C13H16N4O/c1-17-8-7-15-12(17)11(9-4-5-9)16-13(18)10-3-2-6-14-10/h2-3,6-9,11,14H,4-5H2,1H3,(H,16,18). The van der Waals surface area contributed by atoms with Gasteiger partial charge in [-0.2, -0.15) is 0 Å². The lowest BCUT2D eigenvalue weighted by atomic mass is 10.1. The van der Waals surface area contributed by atoms with Gasteiger partial charge in [0.05, 0.1) is 6.04 Å². The molecular weight excluding hydrogens is 228 g/mol. The molecule has 0 saturated heterocycles. The van der Waals surface area contributed by atoms with E-state index in [0.717, 1.165) is 18.7 Å². The van der Waals surface area contributed by atoms with E-state index in [9.17, 15) is 4.79 Å². The van der Waals surface area contributed by atoms with Crippen molar-refractivity contribution in [3.05, 3.63) is 42.2 Å². The first kappa shape index (κ1) is 11.1. The summed E-state index contributed by atoms with van der Waals surface area (Å²) in [7, 11) is 1.96. The Kier molecular flexibility index (Phi) is 2.66. The third-order valence-electron chi connectivity index (χ3n) is 3.36. The van der Waals surface area contributed by atoms with Crippen LogP contribution in [0.15, 0.2) is 30.7 Å². The number of carbonyl (C=O) groups is 1. The summed E-state index contributed by atoms with van der Waals surface area (Å²) in [5, 5.41) is 3.07. The van der Waals surface area contributed by atoms with Crippen molar-refractivity contribution < 1.29 is 4.79 Å². The highest BCUT2D eigenvalue weighted by Gasteiger charge is 2.35. The minimum absolute atomic E-state index is 0.0146. The molecule has 1 fully saturated rings. The smallest absolute Gasteiger partial charge is 0.268 e. The Bertz CT molecular complexity index is 539. The van der Waals surface area contributed by atoms with Gasteiger partial charge in [-0.1, -0.05) is 0 Å². The molecule has 1 amide bonds. The zero-order valence-electron chi connectivity index (χ0n) is 10.3. The molecule has 1 unspecified atom stereocenters. The van der Waals surface area contributed by atoms with E-state index in [2.05, 4.69) is 15.3 Å². The van der Waals surface area contributed by atoms with Crippen LogP contribution >= 0.6 is 0 Å². The molecule has 0 radical (unpaired) electrons. The number of nitrogens with zero attached hydrogens (tertiary/aromatic N) is 2. The number of hydrogen-bond acceptors (Lipinski definition) is 2. The van der Waals surface area contributed by atoms with Crippen LogP contribution in [0, 0.1) is 5.92 Å². The molecule has 0 bridgehead atoms. The summed E-state index contributed by atoms with van der Waals surface area (Å²) < 4.78 is 1.97. The van der Waals surface area contributed by atoms with Crippen LogP contribution in [0.1, 0.15) is 35.2 Å². The lowest BCUT2D eigenvalue weighted by molar-refractivity contribution is 0.0924. The number of aromatic amines is 1. The van der Waals surface area contributed by atoms with Gasteiger partial charge in [-0.3, -0.25) is 4.79 Å². The van der Waals surface area contributed by atoms with E-state index in [1.54, 1.807) is 18.5 Å². The van der Waals surface area contributed by atoms with Crippen molar-refractivity contribution in [1.29, 1.82) is 0 Å². The van der Waals surface area contributed by atoms with Gasteiger partial charge in [0.25, 0.3) is 5.91 Å². The molecule has 0 aliphatic heterocycles. The van der Waals surface area contributed by atoms with Crippen LogP contribution in [0.2, 0.25) is 0 Å². The molecule has 1 aliphatic rings. The Balaban J connectivity index is 1.79. The summed E-state index contributed by atoms with van der Waals surface area (Å²) in [5.74, 6) is 1.38. The maximum atomic E-state index is 12.1. The molecule has 2 N–H and O–H groups in total. The molecule has 2 aromatic rings. The Morgan fingerprint density at radius 2 is 2.44 bits per heavy atom. The van der Waals surface area contributed by atoms with Crippen molar-refractivity contribution in [2.75, 3.05) is 0 Å². The molecule has 1 saturated carbocycles. The number of H-pyrrole nitrogens is 1. The van der Waals surface area contributed by atoms with Gasteiger partial charge in [0, 0.05) is 25.6 Å². The fraction of sp³-hybridized carbons (Fsp3) is 0.385. The zero-order chi connectivity index (χ0) is 12.5. The average Bonchev–Trinajstić information content (AvgIpc) is 2.88. The second-order valence-corrected chi connectivity index (χ2v) is 4.77. The van der Waals surface area contributed by atoms with E-state index in [-0.39, 0.29) is 11.9 Å². The zero-order valence-corrected chi connectivity index (χ0v) is 10.3. The fourth-order valence-corrected chi connectivity index (χ4v) is 2.19. The van der Waals surface area contributed by atoms with Gasteiger partial charge in [0.15, 0.2) is 0 Å². The van der Waals surface area contributed by atoms with Crippen LogP contribution in [0.25, 0.3) is 0 Å². The maximum Gasteiger partial charge on any atom is 0.268 e. The van der Waals surface area contributed by atoms with Crippen molar-refractivity contribution in [2.45, 2.75) is 18.9 Å². The Morgan fingerprint density at radius 1 is 1.61 bits per heavy atom. The van der Waals surface area contributed by atoms with Crippen molar-refractivity contribution in [1.82, 2.24) is 19.9 Å². The summed E-state index contributed by atoms with van der Waals surface area (Å²) in [4.78, 5) is 19.3. The summed E-state index contributed by atoms with van der Waals surface area (Å²) in [6.45, 7) is 0. The molecule has 2 heterocycles. The first-order valence-electron chi connectivity index (χ1n) is 6.17. The fourth-order valence-electron chi connectivity index (χ4n) is 2.19. The average molecular weight is 244 g/mol. The summed E-state index contributed by atoms with van der Waals surface area (Å²) in [6, 6.07) is 3.61. The molecule has 18 heavy (non-hydrogen) atoms. The number of hydrogen-bond donors (Lipinski definition) is 2. The van der Waals surface area contributed by atoms with Gasteiger partial charge in [0.2, 0.25) is 0 Å². The van der Waals surface area contributed by atoms with E-state index in [1.165, 1.54) is 0 Å². The largest absolute Gasteiger partial charge is 0.357 e. The quantitative estimate of drug-likeness (QED) is 0.858. The second-order valence-electron chi connectivity index (χ2n) is 4.77. The van der Waals surface area contributed by atoms with E-state index in [4.69, 9.17) is 0 Å². The third kappa shape index (κ3) is 2.03. The van der Waals surface area contributed by atoms with E-state index < -0.39 is 0 Å². The number of imidazole rings is 1. The summed E-state index contributed by atoms with van der Waals surface area (Å²) in [6.07, 6.45) is 7.74. The maximum absolute atomic E-state index is 12.1. The molecule has 0 spiro atoms. The van der Waals surface area contributed by atoms with Crippen LogP contribution in [0.3, 0.4) is 0 Å². The van der Waals surface area contributed by atoms with Crippen molar-refractivity contribution in [2.24, 2.45) is 13.0 Å². The third-order valence-corrected chi connectivity index (χ3v) is 3.36. The second kappa shape index (κ2) is 4.33. The van der Waals surface area contributed by atoms with Crippen LogP contribution < -0.4 is 5.32 Å². The number of aromatic nitrogens is 3. The normalized spacial score (nSPS) is 16.5. The summed E-state index contributed by atoms with van der Waals surface area (Å²) >= 11 is 0. The Hall–Kier alpha value is -2.04. The van der Waals surface area contributed by atoms with Crippen molar-refractivity contribution in [3.8, 4) is 0 Å². The highest BCUT2D eigenvalue weighted by Crippen LogP contribution is 2.40. The van der Waals surface area contributed by atoms with Crippen LogP contribution in [0.5, 0.6) is 0 Å². The van der Waals surface area contributed by atoms with Gasteiger partial charge in [-0.05, 0) is 30.9 Å². The number of aryl methyl sites for hydroxylation is 1. The highest BCUT2D eigenvalue weighted by atomic mass is 16.2. The molecule has 2 aromatic heterocycles. The van der Waals surface area contributed by atoms with Crippen molar-refractivity contribution in [3.63, 3.8) is 0 Å². The van der Waals surface area contributed by atoms with Crippen LogP contribution in [0.4, 0.5) is 0 Å². The Labute approximate surface area is 105 Å². The first-order chi connectivity index (χ1) is 8.75. The van der Waals surface area contributed by atoms with Crippen molar-refractivity contribution >= 4 is 5.91 Å². The number of rotatable bonds is 4. The lowest BCUT2D eigenvalue weighted by Gasteiger charge is -2.17. The minimum atomic E-state index is -0.0695. The van der Waals surface area contributed by atoms with Crippen LogP contribution in [-0.2, 0) is 7.05 Å². The van der Waals surface area contributed by atoms with Gasteiger partial charge in [-0.25, -0.2) is 4.98 Å². The Morgan fingerprint density at radius 3 is 3.00 bits per heavy atom. The highest BCUT2D eigenvalue weighted by molar-refractivity contribution is 5.92. The number of amides is 1. The van der Waals surface area contributed by atoms with E-state index >= 15 is 0 Å². The molecule has 0 aromatic carbocycles. The molecule has 3 rings (SSSR count). The van der Waals surface area contributed by atoms with E-state index in [0.29, 0.717) is 11.6 Å². The van der Waals surface area contributed by atoms with Gasteiger partial charge in [0.1, 0.15) is 11.5 Å². The molecular formula is C13H16N4O. The predicted octanol–water partition coefficient (Wildman–Crippen LogP) is 1.63. The van der Waals surface area contributed by atoms with Gasteiger partial charge in [-0.15, -0.1) is 0 Å². The molecule has 5 heteroatoms. The SMILES string of the molecule is Cn1ccnc1C(NC(=O)c1ccc[nH]1)C1CC1. The molecule has 94 valence electrons. The minimum Gasteiger partial charge on any atom is -0.357 e. The first-order valence-corrected chi connectivity index (χ1v) is 6.17. The molecule has 1 atom stereocenters. The van der Waals surface area contributed by atoms with Gasteiger partial charge >= 0.3 is 0 Å². The molecule has 1 aliphatic carbocycles. The number of carbonyl (C=O) groups excluding carboxylic acids is 1. The topological polar surface area (TPSA) is 62.7 Å². The van der Waals surface area contributed by atoms with Crippen LogP contribution in [-0.4, -0.2) is 20.4 Å². The van der Waals surface area contributed by atoms with Gasteiger partial charge < -0.3 is 14.9 Å². The monoisotopic (exact) mass is 244 g/mol. The predicted molar refractivity (Wildman–Crippen MR) is 66.9 cm³/mol. The lowest BCUT2D eigenvalue weighted by Crippen LogP contribution is -2.31. The molecule has 5 nitrogen and oxygen atoms in total. The number of nitrogens with one attached hydrogen (secondary N) is 2. The van der Waals surface area contributed by atoms with E-state index in [1.807, 2.05) is 23.9 Å². The summed E-state index contributed by atoms with van der Waals surface area (Å²) in [5.41, 5.74) is 0.592.